The van der Waals surface area contributed by atoms with Gasteiger partial charge in [0.05, 0.1) is 14.2 Å². The Hall–Kier alpha value is -4.15. The molecule has 2 aromatic carbocycles. The van der Waals surface area contributed by atoms with E-state index in [-0.39, 0.29) is 42.3 Å². The molecule has 2 heterocycles. The Bertz CT molecular complexity index is 1090. The number of hydrogen-bond donors (Lipinski definition) is 1. The van der Waals surface area contributed by atoms with E-state index in [1.165, 1.54) is 26.4 Å². The molecule has 2 aliphatic rings. The molecule has 186 valence electrons. The number of piperazine rings is 1. The number of ether oxygens (including phenoxy) is 5. The van der Waals surface area contributed by atoms with Gasteiger partial charge >= 0.3 is 0 Å². The van der Waals surface area contributed by atoms with Crippen molar-refractivity contribution in [1.29, 1.82) is 0 Å². The SMILES string of the molecule is COc1cc(C(=O)N2CCN(C(=O)C3COc4ccccc4O3)CC2)cc(OC)c1OCC(N)=O. The number of rotatable bonds is 7. The summed E-state index contributed by atoms with van der Waals surface area (Å²) in [5.74, 6) is 0.719. The topological polar surface area (TPSA) is 130 Å². The second-order valence-corrected chi connectivity index (χ2v) is 7.95. The number of nitrogens with zero attached hydrogens (tertiary/aromatic N) is 2. The monoisotopic (exact) mass is 485 g/mol. The fraction of sp³-hybridized carbons (Fsp3) is 0.375. The van der Waals surface area contributed by atoms with E-state index in [0.29, 0.717) is 43.2 Å². The highest BCUT2D eigenvalue weighted by Crippen LogP contribution is 2.39. The average molecular weight is 485 g/mol. The first-order valence-corrected chi connectivity index (χ1v) is 11.0. The number of carbonyl (C=O) groups excluding carboxylic acids is 3. The molecule has 35 heavy (non-hydrogen) atoms. The summed E-state index contributed by atoms with van der Waals surface area (Å²) in [6, 6.07) is 10.2. The molecule has 0 aromatic heterocycles. The second kappa shape index (κ2) is 10.4. The lowest BCUT2D eigenvalue weighted by Crippen LogP contribution is -2.55. The van der Waals surface area contributed by atoms with Crippen LogP contribution in [0, 0.1) is 0 Å². The number of primary amides is 1. The number of fused-ring (bicyclic) bond motifs is 1. The largest absolute Gasteiger partial charge is 0.493 e. The lowest BCUT2D eigenvalue weighted by Gasteiger charge is -2.37. The van der Waals surface area contributed by atoms with Crippen molar-refractivity contribution in [2.24, 2.45) is 5.73 Å². The third-order valence-corrected chi connectivity index (χ3v) is 5.73. The van der Waals surface area contributed by atoms with Crippen molar-refractivity contribution in [3.05, 3.63) is 42.0 Å². The van der Waals surface area contributed by atoms with Crippen LogP contribution in [-0.2, 0) is 9.59 Å². The van der Waals surface area contributed by atoms with Crippen LogP contribution in [0.3, 0.4) is 0 Å². The summed E-state index contributed by atoms with van der Waals surface area (Å²) in [7, 11) is 2.83. The van der Waals surface area contributed by atoms with Gasteiger partial charge in [0.2, 0.25) is 11.9 Å². The highest BCUT2D eigenvalue weighted by atomic mass is 16.6. The summed E-state index contributed by atoms with van der Waals surface area (Å²) in [5, 5.41) is 0. The zero-order valence-electron chi connectivity index (χ0n) is 19.5. The molecule has 1 unspecified atom stereocenters. The average Bonchev–Trinajstić information content (AvgIpc) is 2.90. The van der Waals surface area contributed by atoms with Crippen LogP contribution in [0.5, 0.6) is 28.7 Å². The fourth-order valence-electron chi connectivity index (χ4n) is 3.95. The van der Waals surface area contributed by atoms with E-state index in [2.05, 4.69) is 0 Å². The van der Waals surface area contributed by atoms with Crippen molar-refractivity contribution in [3.8, 4) is 28.7 Å². The molecule has 4 rings (SSSR count). The molecule has 0 bridgehead atoms. The first-order valence-electron chi connectivity index (χ1n) is 11.0. The van der Waals surface area contributed by atoms with Crippen molar-refractivity contribution in [3.63, 3.8) is 0 Å². The molecule has 11 heteroatoms. The maximum atomic E-state index is 13.2. The van der Waals surface area contributed by atoms with Gasteiger partial charge in [-0.2, -0.15) is 0 Å². The summed E-state index contributed by atoms with van der Waals surface area (Å²) in [5.41, 5.74) is 5.48. The van der Waals surface area contributed by atoms with Crippen LogP contribution in [0.25, 0.3) is 0 Å². The lowest BCUT2D eigenvalue weighted by molar-refractivity contribution is -0.142. The van der Waals surface area contributed by atoms with Crippen LogP contribution in [0.1, 0.15) is 10.4 Å². The standard InChI is InChI=1S/C24H27N3O8/c1-31-18-11-15(12-19(32-2)22(18)34-14-21(25)28)23(29)26-7-9-27(10-8-26)24(30)20-13-33-16-5-3-4-6-17(16)35-20/h3-6,11-12,20H,7-10,13-14H2,1-2H3,(H2,25,28). The van der Waals surface area contributed by atoms with Crippen LogP contribution in [0.2, 0.25) is 0 Å². The van der Waals surface area contributed by atoms with Crippen molar-refractivity contribution < 1.29 is 38.1 Å². The van der Waals surface area contributed by atoms with Gasteiger partial charge in [0.15, 0.2) is 29.6 Å². The zero-order valence-corrected chi connectivity index (χ0v) is 19.5. The van der Waals surface area contributed by atoms with E-state index in [4.69, 9.17) is 29.4 Å². The van der Waals surface area contributed by atoms with Gasteiger partial charge in [-0.3, -0.25) is 14.4 Å². The Morgan fingerprint density at radius 3 is 2.17 bits per heavy atom. The normalized spacial score (nSPS) is 16.9. The molecule has 2 aliphatic heterocycles. The predicted molar refractivity (Wildman–Crippen MR) is 123 cm³/mol. The first-order chi connectivity index (χ1) is 16.9. The zero-order chi connectivity index (χ0) is 24.9. The molecule has 0 saturated carbocycles. The Morgan fingerprint density at radius 2 is 1.57 bits per heavy atom. The number of hydrogen-bond acceptors (Lipinski definition) is 8. The summed E-state index contributed by atoms with van der Waals surface area (Å²) in [6.07, 6.45) is -0.728. The maximum absolute atomic E-state index is 13.2. The van der Waals surface area contributed by atoms with Crippen molar-refractivity contribution in [2.75, 3.05) is 53.6 Å². The van der Waals surface area contributed by atoms with E-state index < -0.39 is 12.0 Å². The Balaban J connectivity index is 1.40. The van der Waals surface area contributed by atoms with E-state index >= 15 is 0 Å². The molecule has 11 nitrogen and oxygen atoms in total. The fourth-order valence-corrected chi connectivity index (χ4v) is 3.95. The Kier molecular flexibility index (Phi) is 7.14. The van der Waals surface area contributed by atoms with Crippen LogP contribution in [0.4, 0.5) is 0 Å². The Labute approximate surface area is 202 Å². The Morgan fingerprint density at radius 1 is 0.971 bits per heavy atom. The number of para-hydroxylation sites is 2. The number of nitrogens with two attached hydrogens (primary N) is 1. The van der Waals surface area contributed by atoms with Crippen molar-refractivity contribution in [2.45, 2.75) is 6.10 Å². The van der Waals surface area contributed by atoms with Crippen LogP contribution >= 0.6 is 0 Å². The third-order valence-electron chi connectivity index (χ3n) is 5.73. The van der Waals surface area contributed by atoms with Crippen LogP contribution in [0.15, 0.2) is 36.4 Å². The minimum Gasteiger partial charge on any atom is -0.493 e. The van der Waals surface area contributed by atoms with Crippen molar-refractivity contribution in [1.82, 2.24) is 9.80 Å². The molecular formula is C24H27N3O8. The molecule has 1 atom stereocenters. The van der Waals surface area contributed by atoms with Gasteiger partial charge in [-0.05, 0) is 24.3 Å². The van der Waals surface area contributed by atoms with E-state index in [1.54, 1.807) is 21.9 Å². The summed E-state index contributed by atoms with van der Waals surface area (Å²) >= 11 is 0. The predicted octanol–water partition coefficient (Wildman–Crippen LogP) is 0.692. The van der Waals surface area contributed by atoms with Gasteiger partial charge < -0.3 is 39.2 Å². The maximum Gasteiger partial charge on any atom is 0.267 e. The van der Waals surface area contributed by atoms with Gasteiger partial charge in [0.25, 0.3) is 17.7 Å². The molecular weight excluding hydrogens is 458 g/mol. The molecule has 0 radical (unpaired) electrons. The first kappa shape index (κ1) is 24.0. The van der Waals surface area contributed by atoms with E-state index in [1.807, 2.05) is 12.1 Å². The molecule has 1 saturated heterocycles. The molecule has 3 amide bonds. The van der Waals surface area contributed by atoms with E-state index in [9.17, 15) is 14.4 Å². The summed E-state index contributed by atoms with van der Waals surface area (Å²) in [6.45, 7) is 1.19. The van der Waals surface area contributed by atoms with Crippen LogP contribution in [-0.4, -0.2) is 87.2 Å². The minimum absolute atomic E-state index is 0.138. The highest BCUT2D eigenvalue weighted by molar-refractivity contribution is 5.96. The quantitative estimate of drug-likeness (QED) is 0.607. The van der Waals surface area contributed by atoms with Crippen LogP contribution < -0.4 is 29.4 Å². The number of amides is 3. The molecule has 1 fully saturated rings. The molecule has 2 aromatic rings. The smallest absolute Gasteiger partial charge is 0.267 e. The third kappa shape index (κ3) is 5.18. The van der Waals surface area contributed by atoms with Gasteiger partial charge in [-0.15, -0.1) is 0 Å². The number of carbonyl (C=O) groups is 3. The minimum atomic E-state index is -0.728. The number of methoxy groups -OCH3 is 2. The van der Waals surface area contributed by atoms with Gasteiger partial charge in [0.1, 0.15) is 6.61 Å². The molecule has 0 spiro atoms. The lowest BCUT2D eigenvalue weighted by atomic mass is 10.1. The number of benzene rings is 2. The summed E-state index contributed by atoms with van der Waals surface area (Å²) < 4.78 is 27.5. The van der Waals surface area contributed by atoms with Gasteiger partial charge in [-0.1, -0.05) is 12.1 Å². The van der Waals surface area contributed by atoms with Gasteiger partial charge in [-0.25, -0.2) is 0 Å². The molecule has 0 aliphatic carbocycles. The summed E-state index contributed by atoms with van der Waals surface area (Å²) in [4.78, 5) is 40.6. The van der Waals surface area contributed by atoms with E-state index in [0.717, 1.165) is 0 Å². The highest BCUT2D eigenvalue weighted by Gasteiger charge is 2.34. The van der Waals surface area contributed by atoms with Crippen molar-refractivity contribution >= 4 is 17.7 Å². The van der Waals surface area contributed by atoms with Gasteiger partial charge in [0, 0.05) is 31.7 Å². The second-order valence-electron chi connectivity index (χ2n) is 7.95. The molecule has 2 N–H and O–H groups in total.